The zero-order valence-electron chi connectivity index (χ0n) is 15.7. The highest BCUT2D eigenvalue weighted by Crippen LogP contribution is 2.37. The van der Waals surface area contributed by atoms with E-state index in [1.165, 1.54) is 12.1 Å². The number of hydrogen-bond acceptors (Lipinski definition) is 3. The molecule has 1 amide bonds. The predicted molar refractivity (Wildman–Crippen MR) is 114 cm³/mol. The van der Waals surface area contributed by atoms with Crippen LogP contribution in [0.25, 0.3) is 0 Å². The third kappa shape index (κ3) is 5.41. The first-order chi connectivity index (χ1) is 13.8. The van der Waals surface area contributed by atoms with Crippen LogP contribution in [0.15, 0.2) is 42.5 Å². The van der Waals surface area contributed by atoms with Crippen LogP contribution in [-0.2, 0) is 16.0 Å². The van der Waals surface area contributed by atoms with Crippen molar-refractivity contribution in [1.29, 1.82) is 0 Å². The first-order valence-corrected chi connectivity index (χ1v) is 10.5. The van der Waals surface area contributed by atoms with Gasteiger partial charge in [0.1, 0.15) is 11.6 Å². The molecule has 3 rings (SSSR count). The van der Waals surface area contributed by atoms with E-state index in [1.807, 2.05) is 22.6 Å². The van der Waals surface area contributed by atoms with Crippen LogP contribution in [0.5, 0.6) is 0 Å². The highest BCUT2D eigenvalue weighted by molar-refractivity contribution is 14.1. The number of rotatable bonds is 8. The molecular formula is C22H21FINO4. The summed E-state index contributed by atoms with van der Waals surface area (Å²) >= 11 is 1.91. The van der Waals surface area contributed by atoms with Crippen LogP contribution in [0.3, 0.4) is 0 Å². The number of carboxylic acids is 1. The second-order valence-electron chi connectivity index (χ2n) is 7.26. The Labute approximate surface area is 181 Å². The molecule has 0 bridgehead atoms. The van der Waals surface area contributed by atoms with E-state index in [9.17, 15) is 23.9 Å². The average Bonchev–Trinajstić information content (AvgIpc) is 2.59. The maximum atomic E-state index is 13.6. The molecule has 1 fully saturated rings. The molecule has 7 heteroatoms. The molecule has 5 nitrogen and oxygen atoms in total. The fraction of sp³-hybridized carbons (Fsp3) is 0.318. The van der Waals surface area contributed by atoms with Crippen LogP contribution < -0.4 is 5.32 Å². The number of carbonyl (C=O) groups excluding carboxylic acids is 2. The normalized spacial score (nSPS) is 14.7. The van der Waals surface area contributed by atoms with E-state index in [-0.39, 0.29) is 42.0 Å². The maximum absolute atomic E-state index is 13.6. The minimum absolute atomic E-state index is 0.0916. The topological polar surface area (TPSA) is 83.5 Å². The van der Waals surface area contributed by atoms with Gasteiger partial charge < -0.3 is 10.4 Å². The number of halogens is 2. The lowest BCUT2D eigenvalue weighted by Gasteiger charge is -2.34. The van der Waals surface area contributed by atoms with Gasteiger partial charge in [-0.3, -0.25) is 9.59 Å². The second-order valence-corrected chi connectivity index (χ2v) is 8.42. The summed E-state index contributed by atoms with van der Waals surface area (Å²) in [5.74, 6) is -2.03. The maximum Gasteiger partial charge on any atom is 0.337 e. The monoisotopic (exact) mass is 509 g/mol. The molecule has 29 heavy (non-hydrogen) atoms. The highest BCUT2D eigenvalue weighted by Gasteiger charge is 2.30. The highest BCUT2D eigenvalue weighted by atomic mass is 127. The van der Waals surface area contributed by atoms with Crippen molar-refractivity contribution in [1.82, 2.24) is 5.32 Å². The Morgan fingerprint density at radius 1 is 1.17 bits per heavy atom. The van der Waals surface area contributed by atoms with E-state index in [0.717, 1.165) is 19.3 Å². The Hall–Kier alpha value is -2.29. The SMILES string of the molecule is O=C(CC(=O)NC(c1cccc(F)c1)C1CCC1)Cc1cccc(I)c1C(=O)O. The summed E-state index contributed by atoms with van der Waals surface area (Å²) in [5, 5.41) is 12.3. The number of ketones is 1. The average molecular weight is 509 g/mol. The second kappa shape index (κ2) is 9.47. The lowest BCUT2D eigenvalue weighted by molar-refractivity contribution is -0.128. The lowest BCUT2D eigenvalue weighted by Crippen LogP contribution is -2.37. The minimum Gasteiger partial charge on any atom is -0.478 e. The van der Waals surface area contributed by atoms with E-state index in [4.69, 9.17) is 0 Å². The van der Waals surface area contributed by atoms with Gasteiger partial charge in [0.2, 0.25) is 5.91 Å². The molecular weight excluding hydrogens is 488 g/mol. The van der Waals surface area contributed by atoms with Gasteiger partial charge in [-0.2, -0.15) is 0 Å². The van der Waals surface area contributed by atoms with Crippen molar-refractivity contribution in [2.24, 2.45) is 5.92 Å². The van der Waals surface area contributed by atoms with Crippen LogP contribution in [0.1, 0.15) is 53.2 Å². The summed E-state index contributed by atoms with van der Waals surface area (Å²) in [7, 11) is 0. The summed E-state index contributed by atoms with van der Waals surface area (Å²) in [6.45, 7) is 0. The van der Waals surface area contributed by atoms with Crippen LogP contribution in [0.2, 0.25) is 0 Å². The van der Waals surface area contributed by atoms with E-state index < -0.39 is 11.9 Å². The van der Waals surface area contributed by atoms with Crippen molar-refractivity contribution in [2.45, 2.75) is 38.1 Å². The molecule has 0 aliphatic heterocycles. The standard InChI is InChI=1S/C22H21FINO4/c23-16-8-2-7-15(10-16)21(13-4-1-5-13)25-19(27)12-17(26)11-14-6-3-9-18(24)20(14)22(28)29/h2-3,6-10,13,21H,1,4-5,11-12H2,(H,25,27)(H,28,29). The lowest BCUT2D eigenvalue weighted by atomic mass is 9.77. The van der Waals surface area contributed by atoms with Gasteiger partial charge in [-0.1, -0.05) is 30.7 Å². The summed E-state index contributed by atoms with van der Waals surface area (Å²) in [5.41, 5.74) is 1.18. The van der Waals surface area contributed by atoms with Crippen LogP contribution >= 0.6 is 22.6 Å². The van der Waals surface area contributed by atoms with Crippen molar-refractivity contribution in [2.75, 3.05) is 0 Å². The first kappa shape index (κ1) is 21.4. The van der Waals surface area contributed by atoms with E-state index in [1.54, 1.807) is 30.3 Å². The van der Waals surface area contributed by atoms with Gasteiger partial charge in [0.25, 0.3) is 0 Å². The number of aromatic carboxylic acids is 1. The van der Waals surface area contributed by atoms with Gasteiger partial charge in [0, 0.05) is 9.99 Å². The summed E-state index contributed by atoms with van der Waals surface area (Å²) < 4.78 is 14.2. The Kier molecular flexibility index (Phi) is 7.00. The fourth-order valence-corrected chi connectivity index (χ4v) is 4.37. The fourth-order valence-electron chi connectivity index (χ4n) is 3.58. The van der Waals surface area contributed by atoms with Crippen LogP contribution in [-0.4, -0.2) is 22.8 Å². The number of Topliss-reactive ketones (excluding diaryl/α,β-unsaturated/α-hetero) is 1. The molecule has 1 saturated carbocycles. The molecule has 1 aliphatic carbocycles. The van der Waals surface area contributed by atoms with Gasteiger partial charge in [-0.05, 0) is 70.7 Å². The smallest absolute Gasteiger partial charge is 0.337 e. The van der Waals surface area contributed by atoms with Crippen LogP contribution in [0, 0.1) is 15.3 Å². The van der Waals surface area contributed by atoms with Gasteiger partial charge in [-0.15, -0.1) is 0 Å². The number of amides is 1. The summed E-state index contributed by atoms with van der Waals surface area (Å²) in [6.07, 6.45) is 2.48. The quantitative estimate of drug-likeness (QED) is 0.411. The van der Waals surface area contributed by atoms with Crippen LogP contribution in [0.4, 0.5) is 4.39 Å². The zero-order chi connectivity index (χ0) is 21.0. The third-order valence-electron chi connectivity index (χ3n) is 5.20. The molecule has 2 aromatic rings. The van der Waals surface area contributed by atoms with Crippen molar-refractivity contribution in [3.05, 3.63) is 68.5 Å². The number of hydrogen-bond donors (Lipinski definition) is 2. The van der Waals surface area contributed by atoms with Crippen molar-refractivity contribution < 1.29 is 23.9 Å². The van der Waals surface area contributed by atoms with Gasteiger partial charge in [-0.25, -0.2) is 9.18 Å². The molecule has 0 saturated heterocycles. The Balaban J connectivity index is 1.67. The molecule has 0 heterocycles. The van der Waals surface area contributed by atoms with Gasteiger partial charge in [0.15, 0.2) is 0 Å². The minimum atomic E-state index is -1.10. The van der Waals surface area contributed by atoms with Gasteiger partial charge >= 0.3 is 5.97 Å². The van der Waals surface area contributed by atoms with Crippen molar-refractivity contribution in [3.63, 3.8) is 0 Å². The molecule has 2 N–H and O–H groups in total. The number of carbonyl (C=O) groups is 3. The number of benzene rings is 2. The summed E-state index contributed by atoms with van der Waals surface area (Å²) in [4.78, 5) is 36.4. The molecule has 152 valence electrons. The largest absolute Gasteiger partial charge is 0.478 e. The Morgan fingerprint density at radius 2 is 1.90 bits per heavy atom. The molecule has 1 aliphatic rings. The third-order valence-corrected chi connectivity index (χ3v) is 6.10. The predicted octanol–water partition coefficient (Wildman–Crippen LogP) is 4.29. The summed E-state index contributed by atoms with van der Waals surface area (Å²) in [6, 6.07) is 10.8. The molecule has 1 unspecified atom stereocenters. The van der Waals surface area contributed by atoms with Crippen molar-refractivity contribution >= 4 is 40.3 Å². The Morgan fingerprint density at radius 3 is 2.52 bits per heavy atom. The molecule has 2 aromatic carbocycles. The molecule has 0 radical (unpaired) electrons. The first-order valence-electron chi connectivity index (χ1n) is 9.42. The molecule has 0 aromatic heterocycles. The molecule has 1 atom stereocenters. The van der Waals surface area contributed by atoms with Crippen molar-refractivity contribution in [3.8, 4) is 0 Å². The number of carboxylic acid groups (broad SMARTS) is 1. The van der Waals surface area contributed by atoms with Gasteiger partial charge in [0.05, 0.1) is 18.0 Å². The van der Waals surface area contributed by atoms with E-state index in [0.29, 0.717) is 14.7 Å². The van der Waals surface area contributed by atoms with E-state index >= 15 is 0 Å². The van der Waals surface area contributed by atoms with E-state index in [2.05, 4.69) is 5.32 Å². The number of nitrogens with one attached hydrogen (secondary N) is 1. The Bertz CT molecular complexity index is 942. The molecule has 0 spiro atoms. The zero-order valence-corrected chi connectivity index (χ0v) is 17.8.